The second kappa shape index (κ2) is 9.16. The molecule has 156 valence electrons. The fourth-order valence-corrected chi connectivity index (χ4v) is 4.39. The fraction of sp³-hybridized carbons (Fsp3) is 0.360. The highest BCUT2D eigenvalue weighted by atomic mass is 16.5. The molecule has 0 saturated carbocycles. The van der Waals surface area contributed by atoms with Crippen LogP contribution < -0.4 is 4.74 Å². The standard InChI is InChI=1S/C25H29N3O2/c1-3-9-23-22(18-26-28(23)20-10-5-4-6-11-20)25(29)27-16-14-19(15-17-27)21-12-7-8-13-24(21)30-2/h4-8,10-13,18-19H,3,9,14-17H2,1-2H3. The number of rotatable bonds is 6. The van der Waals surface area contributed by atoms with Crippen LogP contribution in [0, 0.1) is 0 Å². The zero-order valence-corrected chi connectivity index (χ0v) is 17.8. The molecule has 1 aromatic heterocycles. The topological polar surface area (TPSA) is 47.4 Å². The van der Waals surface area contributed by atoms with Crippen LogP contribution in [0.3, 0.4) is 0 Å². The molecule has 0 unspecified atom stereocenters. The molecular formula is C25H29N3O2. The highest BCUT2D eigenvalue weighted by molar-refractivity contribution is 5.95. The van der Waals surface area contributed by atoms with Gasteiger partial charge in [-0.1, -0.05) is 49.7 Å². The maximum absolute atomic E-state index is 13.4. The Morgan fingerprint density at radius 3 is 2.47 bits per heavy atom. The lowest BCUT2D eigenvalue weighted by Crippen LogP contribution is -2.38. The first-order chi connectivity index (χ1) is 14.7. The predicted octanol–water partition coefficient (Wildman–Crippen LogP) is 4.85. The third-order valence-electron chi connectivity index (χ3n) is 5.95. The Balaban J connectivity index is 1.51. The van der Waals surface area contributed by atoms with Crippen molar-refractivity contribution in [1.82, 2.24) is 14.7 Å². The van der Waals surface area contributed by atoms with Gasteiger partial charge >= 0.3 is 0 Å². The number of piperidine rings is 1. The zero-order chi connectivity index (χ0) is 20.9. The van der Waals surface area contributed by atoms with Crippen molar-refractivity contribution in [2.24, 2.45) is 0 Å². The summed E-state index contributed by atoms with van der Waals surface area (Å²) in [5.74, 6) is 1.46. The second-order valence-electron chi connectivity index (χ2n) is 7.81. The maximum atomic E-state index is 13.4. The van der Waals surface area contributed by atoms with E-state index < -0.39 is 0 Å². The molecule has 1 saturated heterocycles. The fourth-order valence-electron chi connectivity index (χ4n) is 4.39. The van der Waals surface area contributed by atoms with Crippen LogP contribution in [-0.4, -0.2) is 40.8 Å². The summed E-state index contributed by atoms with van der Waals surface area (Å²) >= 11 is 0. The highest BCUT2D eigenvalue weighted by Gasteiger charge is 2.28. The average Bonchev–Trinajstić information content (AvgIpc) is 3.23. The van der Waals surface area contributed by atoms with Crippen molar-refractivity contribution >= 4 is 5.91 Å². The van der Waals surface area contributed by atoms with Crippen molar-refractivity contribution in [1.29, 1.82) is 0 Å². The molecule has 1 amide bonds. The number of carbonyl (C=O) groups excluding carboxylic acids is 1. The van der Waals surface area contributed by atoms with E-state index >= 15 is 0 Å². The Morgan fingerprint density at radius 1 is 1.07 bits per heavy atom. The number of para-hydroxylation sites is 2. The number of amides is 1. The first-order valence-electron chi connectivity index (χ1n) is 10.8. The first-order valence-corrected chi connectivity index (χ1v) is 10.8. The van der Waals surface area contributed by atoms with Gasteiger partial charge in [0.05, 0.1) is 30.3 Å². The predicted molar refractivity (Wildman–Crippen MR) is 118 cm³/mol. The Morgan fingerprint density at radius 2 is 1.77 bits per heavy atom. The van der Waals surface area contributed by atoms with E-state index in [2.05, 4.69) is 24.2 Å². The number of hydrogen-bond acceptors (Lipinski definition) is 3. The van der Waals surface area contributed by atoms with E-state index in [0.29, 0.717) is 5.92 Å². The normalized spacial score (nSPS) is 14.7. The lowest BCUT2D eigenvalue weighted by Gasteiger charge is -2.32. The van der Waals surface area contributed by atoms with Gasteiger partial charge in [-0.05, 0) is 48.9 Å². The lowest BCUT2D eigenvalue weighted by atomic mass is 9.88. The minimum Gasteiger partial charge on any atom is -0.496 e. The number of hydrogen-bond donors (Lipinski definition) is 0. The lowest BCUT2D eigenvalue weighted by molar-refractivity contribution is 0.0711. The smallest absolute Gasteiger partial charge is 0.257 e. The van der Waals surface area contributed by atoms with E-state index in [-0.39, 0.29) is 5.91 Å². The minimum atomic E-state index is 0.0964. The summed E-state index contributed by atoms with van der Waals surface area (Å²) in [6.07, 6.45) is 5.43. The van der Waals surface area contributed by atoms with Gasteiger partial charge in [-0.15, -0.1) is 0 Å². The number of methoxy groups -OCH3 is 1. The Kier molecular flexibility index (Phi) is 6.17. The highest BCUT2D eigenvalue weighted by Crippen LogP contribution is 2.34. The molecular weight excluding hydrogens is 374 g/mol. The third-order valence-corrected chi connectivity index (χ3v) is 5.95. The molecule has 0 N–H and O–H groups in total. The van der Waals surface area contributed by atoms with Crippen LogP contribution in [0.2, 0.25) is 0 Å². The number of nitrogens with zero attached hydrogens (tertiary/aromatic N) is 3. The molecule has 0 atom stereocenters. The molecule has 1 aliphatic rings. The Bertz CT molecular complexity index is 989. The van der Waals surface area contributed by atoms with Gasteiger partial charge in [0.25, 0.3) is 5.91 Å². The van der Waals surface area contributed by atoms with Gasteiger partial charge in [0.2, 0.25) is 0 Å². The van der Waals surface area contributed by atoms with Crippen molar-refractivity contribution in [2.75, 3.05) is 20.2 Å². The molecule has 1 fully saturated rings. The summed E-state index contributed by atoms with van der Waals surface area (Å²) in [5, 5.41) is 4.56. The number of ether oxygens (including phenoxy) is 1. The van der Waals surface area contributed by atoms with Gasteiger partial charge in [0.1, 0.15) is 5.75 Å². The zero-order valence-electron chi connectivity index (χ0n) is 17.8. The summed E-state index contributed by atoms with van der Waals surface area (Å²) in [4.78, 5) is 15.3. The molecule has 5 heteroatoms. The second-order valence-corrected chi connectivity index (χ2v) is 7.81. The third kappa shape index (κ3) is 3.97. The molecule has 5 nitrogen and oxygen atoms in total. The van der Waals surface area contributed by atoms with Gasteiger partial charge in [-0.2, -0.15) is 5.10 Å². The summed E-state index contributed by atoms with van der Waals surface area (Å²) < 4.78 is 7.45. The molecule has 1 aliphatic heterocycles. The SMILES string of the molecule is CCCc1c(C(=O)N2CCC(c3ccccc3OC)CC2)cnn1-c1ccccc1. The number of aromatic nitrogens is 2. The van der Waals surface area contributed by atoms with Gasteiger partial charge < -0.3 is 9.64 Å². The van der Waals surface area contributed by atoms with Gasteiger partial charge in [-0.25, -0.2) is 4.68 Å². The van der Waals surface area contributed by atoms with E-state index in [4.69, 9.17) is 4.74 Å². The van der Waals surface area contributed by atoms with Crippen LogP contribution in [0.15, 0.2) is 60.8 Å². The summed E-state index contributed by atoms with van der Waals surface area (Å²) in [5.41, 5.74) is 3.97. The molecule has 2 aromatic carbocycles. The molecule has 4 rings (SSSR count). The molecule has 30 heavy (non-hydrogen) atoms. The van der Waals surface area contributed by atoms with Crippen LogP contribution >= 0.6 is 0 Å². The van der Waals surface area contributed by atoms with Crippen LogP contribution in [-0.2, 0) is 6.42 Å². The van der Waals surface area contributed by atoms with E-state index in [1.807, 2.05) is 52.0 Å². The minimum absolute atomic E-state index is 0.0964. The van der Waals surface area contributed by atoms with E-state index in [0.717, 1.165) is 61.5 Å². The van der Waals surface area contributed by atoms with Crippen LogP contribution in [0.1, 0.15) is 53.7 Å². The van der Waals surface area contributed by atoms with Gasteiger partial charge in [0, 0.05) is 13.1 Å². The van der Waals surface area contributed by atoms with Crippen LogP contribution in [0.5, 0.6) is 5.75 Å². The van der Waals surface area contributed by atoms with Crippen molar-refractivity contribution in [3.8, 4) is 11.4 Å². The Hall–Kier alpha value is -3.08. The summed E-state index contributed by atoms with van der Waals surface area (Å²) in [6.45, 7) is 3.64. The first kappa shape index (κ1) is 20.2. The number of carbonyl (C=O) groups is 1. The van der Waals surface area contributed by atoms with E-state index in [1.54, 1.807) is 13.3 Å². The quantitative estimate of drug-likeness (QED) is 0.591. The van der Waals surface area contributed by atoms with Crippen molar-refractivity contribution in [3.05, 3.63) is 77.6 Å². The van der Waals surface area contributed by atoms with Crippen molar-refractivity contribution < 1.29 is 9.53 Å². The van der Waals surface area contributed by atoms with E-state index in [1.165, 1.54) is 5.56 Å². The molecule has 0 bridgehead atoms. The molecule has 3 aromatic rings. The average molecular weight is 404 g/mol. The largest absolute Gasteiger partial charge is 0.496 e. The maximum Gasteiger partial charge on any atom is 0.257 e. The van der Waals surface area contributed by atoms with Crippen LogP contribution in [0.4, 0.5) is 0 Å². The molecule has 0 spiro atoms. The molecule has 0 radical (unpaired) electrons. The van der Waals surface area contributed by atoms with Crippen molar-refractivity contribution in [2.45, 2.75) is 38.5 Å². The Labute approximate surface area is 178 Å². The monoisotopic (exact) mass is 403 g/mol. The summed E-state index contributed by atoms with van der Waals surface area (Å²) in [7, 11) is 1.72. The summed E-state index contributed by atoms with van der Waals surface area (Å²) in [6, 6.07) is 18.3. The molecule has 2 heterocycles. The van der Waals surface area contributed by atoms with Crippen molar-refractivity contribution in [3.63, 3.8) is 0 Å². The number of likely N-dealkylation sites (tertiary alicyclic amines) is 1. The van der Waals surface area contributed by atoms with Gasteiger partial charge in [-0.3, -0.25) is 4.79 Å². The number of benzene rings is 2. The molecule has 0 aliphatic carbocycles. The van der Waals surface area contributed by atoms with Crippen LogP contribution in [0.25, 0.3) is 5.69 Å². The van der Waals surface area contributed by atoms with Gasteiger partial charge in [0.15, 0.2) is 0 Å². The van der Waals surface area contributed by atoms with E-state index in [9.17, 15) is 4.79 Å².